The van der Waals surface area contributed by atoms with E-state index in [1.807, 2.05) is 6.08 Å². The van der Waals surface area contributed by atoms with Crippen LogP contribution in [0, 0.1) is 0 Å². The van der Waals surface area contributed by atoms with E-state index >= 15 is 0 Å². The SMILES string of the molecule is C=CC(=C)P(C=CP(/C(C)=C/C)c1ccccc1)c1ccccc1. The number of allylic oxidation sites excluding steroid dienone is 4. The average molecular weight is 350 g/mol. The molecule has 0 aromatic heterocycles. The topological polar surface area (TPSA) is 0 Å². The summed E-state index contributed by atoms with van der Waals surface area (Å²) in [4.78, 5) is 0. The van der Waals surface area contributed by atoms with E-state index < -0.39 is 15.8 Å². The summed E-state index contributed by atoms with van der Waals surface area (Å²) in [7, 11) is -1.02. The van der Waals surface area contributed by atoms with Gasteiger partial charge < -0.3 is 0 Å². The van der Waals surface area contributed by atoms with E-state index in [0.29, 0.717) is 0 Å². The van der Waals surface area contributed by atoms with E-state index in [2.05, 4.69) is 105 Å². The van der Waals surface area contributed by atoms with E-state index in [1.165, 1.54) is 15.9 Å². The van der Waals surface area contributed by atoms with Crippen molar-refractivity contribution < 1.29 is 0 Å². The summed E-state index contributed by atoms with van der Waals surface area (Å²) in [6.45, 7) is 12.5. The number of rotatable bonds is 7. The molecule has 0 aliphatic carbocycles. The van der Waals surface area contributed by atoms with Gasteiger partial charge in [0.1, 0.15) is 0 Å². The van der Waals surface area contributed by atoms with Gasteiger partial charge in [-0.25, -0.2) is 0 Å². The summed E-state index contributed by atoms with van der Waals surface area (Å²) in [6.07, 6.45) is 4.10. The molecule has 0 bridgehead atoms. The van der Waals surface area contributed by atoms with Crippen LogP contribution in [0.15, 0.2) is 108 Å². The fourth-order valence-corrected chi connectivity index (χ4v) is 6.34. The average Bonchev–Trinajstić information content (AvgIpc) is 2.65. The number of hydrogen-bond acceptors (Lipinski definition) is 0. The van der Waals surface area contributed by atoms with Gasteiger partial charge >= 0.3 is 0 Å². The molecule has 122 valence electrons. The maximum Gasteiger partial charge on any atom is -0.0157 e. The van der Waals surface area contributed by atoms with Crippen LogP contribution in [0.3, 0.4) is 0 Å². The lowest BCUT2D eigenvalue weighted by Gasteiger charge is -2.18. The summed E-state index contributed by atoms with van der Waals surface area (Å²) in [5.41, 5.74) is 0. The standard InChI is InChI=1S/C22H24P2/c1-5-19(3)23(21-13-9-7-10-14-21)17-18-24(20(4)6-2)22-15-11-8-12-16-22/h5-18H,1,3H2,2,4H3/b18-17?,20-6+. The minimum Gasteiger partial charge on any atom is -0.0984 e. The molecule has 0 aliphatic heterocycles. The number of benzene rings is 2. The Morgan fingerprint density at radius 1 is 0.833 bits per heavy atom. The van der Waals surface area contributed by atoms with Crippen molar-refractivity contribution in [3.63, 3.8) is 0 Å². The van der Waals surface area contributed by atoms with E-state index in [0.717, 1.165) is 5.31 Å². The van der Waals surface area contributed by atoms with Gasteiger partial charge in [0, 0.05) is 0 Å². The largest absolute Gasteiger partial charge is 0.0984 e. The molecule has 0 N–H and O–H groups in total. The van der Waals surface area contributed by atoms with Crippen LogP contribution < -0.4 is 10.6 Å². The molecule has 0 amide bonds. The Balaban J connectivity index is 2.37. The van der Waals surface area contributed by atoms with Gasteiger partial charge in [0.15, 0.2) is 0 Å². The monoisotopic (exact) mass is 350 g/mol. The lowest BCUT2D eigenvalue weighted by atomic mass is 10.4. The zero-order chi connectivity index (χ0) is 17.4. The molecule has 0 nitrogen and oxygen atoms in total. The van der Waals surface area contributed by atoms with Crippen LogP contribution in [0.5, 0.6) is 0 Å². The second kappa shape index (κ2) is 9.53. The number of hydrogen-bond donors (Lipinski definition) is 0. The fourth-order valence-electron chi connectivity index (χ4n) is 2.30. The minimum absolute atomic E-state index is 0.448. The second-order valence-corrected chi connectivity index (χ2v) is 9.72. The predicted molar refractivity (Wildman–Crippen MR) is 114 cm³/mol. The van der Waals surface area contributed by atoms with Crippen LogP contribution in [0.4, 0.5) is 0 Å². The summed E-state index contributed by atoms with van der Waals surface area (Å²) in [6, 6.07) is 21.3. The molecular weight excluding hydrogens is 326 g/mol. The molecule has 2 aromatic carbocycles. The Hall–Kier alpha value is -1.74. The molecule has 0 aliphatic rings. The van der Waals surface area contributed by atoms with Crippen LogP contribution in [-0.2, 0) is 0 Å². The maximum atomic E-state index is 4.22. The Kier molecular flexibility index (Phi) is 7.38. The van der Waals surface area contributed by atoms with Gasteiger partial charge in [-0.1, -0.05) is 97.6 Å². The first-order valence-electron chi connectivity index (χ1n) is 7.98. The van der Waals surface area contributed by atoms with E-state index in [-0.39, 0.29) is 0 Å². The molecule has 0 saturated carbocycles. The molecule has 2 unspecified atom stereocenters. The van der Waals surface area contributed by atoms with Crippen molar-refractivity contribution in [2.45, 2.75) is 13.8 Å². The highest BCUT2D eigenvalue weighted by molar-refractivity contribution is 7.76. The molecule has 2 atom stereocenters. The Bertz CT molecular complexity index is 680. The van der Waals surface area contributed by atoms with E-state index in [4.69, 9.17) is 0 Å². The van der Waals surface area contributed by atoms with Gasteiger partial charge in [-0.15, -0.1) is 0 Å². The summed E-state index contributed by atoms with van der Waals surface area (Å²) in [5, 5.41) is 5.20. The highest BCUT2D eigenvalue weighted by Crippen LogP contribution is 2.51. The highest BCUT2D eigenvalue weighted by Gasteiger charge is 2.13. The quantitative estimate of drug-likeness (QED) is 0.385. The van der Waals surface area contributed by atoms with Crippen LogP contribution in [-0.4, -0.2) is 0 Å². The highest BCUT2D eigenvalue weighted by atomic mass is 31.1. The molecule has 0 spiro atoms. The lowest BCUT2D eigenvalue weighted by molar-refractivity contribution is 1.58. The molecule has 2 rings (SSSR count). The Morgan fingerprint density at radius 3 is 1.75 bits per heavy atom. The first-order chi connectivity index (χ1) is 11.7. The molecule has 2 heteroatoms. The van der Waals surface area contributed by atoms with E-state index in [1.54, 1.807) is 0 Å². The zero-order valence-electron chi connectivity index (χ0n) is 14.4. The molecule has 0 radical (unpaired) electrons. The third kappa shape index (κ3) is 4.88. The Labute approximate surface area is 148 Å². The first-order valence-corrected chi connectivity index (χ1v) is 10.8. The summed E-state index contributed by atoms with van der Waals surface area (Å²) in [5.74, 6) is 4.73. The molecule has 2 aromatic rings. The fraction of sp³-hybridized carbons (Fsp3) is 0.0909. The first kappa shape index (κ1) is 18.6. The van der Waals surface area contributed by atoms with Crippen molar-refractivity contribution >= 4 is 26.5 Å². The molecule has 0 heterocycles. The smallest absolute Gasteiger partial charge is 0.0157 e. The van der Waals surface area contributed by atoms with Crippen molar-refractivity contribution in [3.8, 4) is 0 Å². The van der Waals surface area contributed by atoms with Crippen molar-refractivity contribution in [3.05, 3.63) is 108 Å². The Morgan fingerprint density at radius 2 is 1.29 bits per heavy atom. The normalized spacial score (nSPS) is 14.3. The zero-order valence-corrected chi connectivity index (χ0v) is 16.2. The van der Waals surface area contributed by atoms with Crippen molar-refractivity contribution in [1.82, 2.24) is 0 Å². The third-order valence-corrected chi connectivity index (χ3v) is 8.43. The van der Waals surface area contributed by atoms with Gasteiger partial charge in [0.05, 0.1) is 0 Å². The van der Waals surface area contributed by atoms with Crippen molar-refractivity contribution in [2.24, 2.45) is 0 Å². The summed E-state index contributed by atoms with van der Waals surface area (Å²) < 4.78 is 0. The molecule has 24 heavy (non-hydrogen) atoms. The lowest BCUT2D eigenvalue weighted by Crippen LogP contribution is -2.00. The van der Waals surface area contributed by atoms with Crippen molar-refractivity contribution in [1.29, 1.82) is 0 Å². The predicted octanol–water partition coefficient (Wildman–Crippen LogP) is 6.70. The van der Waals surface area contributed by atoms with Gasteiger partial charge in [-0.05, 0) is 50.9 Å². The van der Waals surface area contributed by atoms with Gasteiger partial charge in [-0.2, -0.15) is 0 Å². The van der Waals surface area contributed by atoms with E-state index in [9.17, 15) is 0 Å². The van der Waals surface area contributed by atoms with Crippen LogP contribution in [0.1, 0.15) is 13.8 Å². The van der Waals surface area contributed by atoms with Crippen molar-refractivity contribution in [2.75, 3.05) is 0 Å². The van der Waals surface area contributed by atoms with Gasteiger partial charge in [0.2, 0.25) is 0 Å². The molecule has 0 fully saturated rings. The van der Waals surface area contributed by atoms with Crippen LogP contribution in [0.2, 0.25) is 0 Å². The van der Waals surface area contributed by atoms with Crippen LogP contribution in [0.25, 0.3) is 0 Å². The van der Waals surface area contributed by atoms with Gasteiger partial charge in [0.25, 0.3) is 0 Å². The molecular formula is C22H24P2. The van der Waals surface area contributed by atoms with Gasteiger partial charge in [-0.3, -0.25) is 0 Å². The molecule has 0 saturated heterocycles. The third-order valence-electron chi connectivity index (χ3n) is 3.78. The van der Waals surface area contributed by atoms with Crippen LogP contribution >= 0.6 is 15.8 Å². The minimum atomic E-state index is -0.574. The maximum absolute atomic E-state index is 4.22. The summed E-state index contributed by atoms with van der Waals surface area (Å²) >= 11 is 0. The second-order valence-electron chi connectivity index (χ2n) is 5.33.